The van der Waals surface area contributed by atoms with Gasteiger partial charge in [0.2, 0.25) is 0 Å². The quantitative estimate of drug-likeness (QED) is 0.710. The number of aliphatic hydroxyl groups is 1. The Hall–Kier alpha value is -1.22. The Morgan fingerprint density at radius 2 is 2.05 bits per heavy atom. The predicted molar refractivity (Wildman–Crippen MR) is 80.8 cm³/mol. The SMILES string of the molecule is CCCCC(CC)Nc1ccc(OCC)c(CO)c1. The Kier molecular flexibility index (Phi) is 7.34. The van der Waals surface area contributed by atoms with Gasteiger partial charge in [-0.3, -0.25) is 0 Å². The molecule has 0 saturated heterocycles. The first kappa shape index (κ1) is 15.8. The highest BCUT2D eigenvalue weighted by Crippen LogP contribution is 2.24. The molecule has 0 heterocycles. The molecule has 1 aromatic rings. The van der Waals surface area contributed by atoms with E-state index in [-0.39, 0.29) is 6.61 Å². The fourth-order valence-corrected chi connectivity index (χ4v) is 2.15. The number of hydrogen-bond donors (Lipinski definition) is 2. The highest BCUT2D eigenvalue weighted by atomic mass is 16.5. The highest BCUT2D eigenvalue weighted by molar-refractivity contribution is 5.51. The van der Waals surface area contributed by atoms with Gasteiger partial charge in [0.05, 0.1) is 13.2 Å². The molecule has 3 nitrogen and oxygen atoms in total. The van der Waals surface area contributed by atoms with Crippen LogP contribution in [0, 0.1) is 0 Å². The molecule has 3 heteroatoms. The maximum Gasteiger partial charge on any atom is 0.124 e. The van der Waals surface area contributed by atoms with Gasteiger partial charge in [-0.1, -0.05) is 26.7 Å². The number of benzene rings is 1. The molecule has 2 N–H and O–H groups in total. The second-order valence-corrected chi connectivity index (χ2v) is 4.81. The molecule has 0 radical (unpaired) electrons. The smallest absolute Gasteiger partial charge is 0.124 e. The third-order valence-electron chi connectivity index (χ3n) is 3.30. The van der Waals surface area contributed by atoms with Crippen molar-refractivity contribution in [1.82, 2.24) is 0 Å². The van der Waals surface area contributed by atoms with Gasteiger partial charge in [-0.2, -0.15) is 0 Å². The summed E-state index contributed by atoms with van der Waals surface area (Å²) in [6.07, 6.45) is 4.77. The molecule has 1 unspecified atom stereocenters. The Morgan fingerprint density at radius 3 is 2.63 bits per heavy atom. The molecule has 0 aliphatic carbocycles. The molecule has 0 fully saturated rings. The lowest BCUT2D eigenvalue weighted by molar-refractivity contribution is 0.267. The molecule has 1 aromatic carbocycles. The molecular weight excluding hydrogens is 238 g/mol. The lowest BCUT2D eigenvalue weighted by Crippen LogP contribution is -2.18. The van der Waals surface area contributed by atoms with E-state index in [2.05, 4.69) is 19.2 Å². The normalized spacial score (nSPS) is 12.2. The van der Waals surface area contributed by atoms with Crippen LogP contribution in [-0.2, 0) is 6.61 Å². The summed E-state index contributed by atoms with van der Waals surface area (Å²) in [6.45, 7) is 7.00. The third kappa shape index (κ3) is 5.11. The summed E-state index contributed by atoms with van der Waals surface area (Å²) >= 11 is 0. The maximum atomic E-state index is 9.39. The number of anilines is 1. The molecule has 1 rings (SSSR count). The van der Waals surface area contributed by atoms with Crippen LogP contribution in [0.3, 0.4) is 0 Å². The van der Waals surface area contributed by atoms with Crippen molar-refractivity contribution in [1.29, 1.82) is 0 Å². The van der Waals surface area contributed by atoms with E-state index in [0.717, 1.165) is 23.4 Å². The van der Waals surface area contributed by atoms with Gasteiger partial charge in [-0.05, 0) is 38.0 Å². The largest absolute Gasteiger partial charge is 0.494 e. The number of unbranched alkanes of at least 4 members (excludes halogenated alkanes) is 1. The summed E-state index contributed by atoms with van der Waals surface area (Å²) < 4.78 is 5.49. The van der Waals surface area contributed by atoms with Gasteiger partial charge >= 0.3 is 0 Å². The molecule has 0 bridgehead atoms. The lowest BCUT2D eigenvalue weighted by atomic mass is 10.1. The van der Waals surface area contributed by atoms with Crippen LogP contribution >= 0.6 is 0 Å². The fraction of sp³-hybridized carbons (Fsp3) is 0.625. The minimum atomic E-state index is 0.0105. The summed E-state index contributed by atoms with van der Waals surface area (Å²) in [4.78, 5) is 0. The number of rotatable bonds is 9. The predicted octanol–water partition coefficient (Wildman–Crippen LogP) is 3.96. The third-order valence-corrected chi connectivity index (χ3v) is 3.30. The number of nitrogens with one attached hydrogen (secondary N) is 1. The van der Waals surface area contributed by atoms with E-state index in [0.29, 0.717) is 12.6 Å². The van der Waals surface area contributed by atoms with Crippen molar-refractivity contribution in [3.8, 4) is 5.75 Å². The zero-order valence-electron chi connectivity index (χ0n) is 12.4. The molecular formula is C16H27NO2. The van der Waals surface area contributed by atoms with Gasteiger partial charge in [0.25, 0.3) is 0 Å². The molecule has 0 amide bonds. The Morgan fingerprint density at radius 1 is 1.26 bits per heavy atom. The van der Waals surface area contributed by atoms with Crippen LogP contribution in [0.4, 0.5) is 5.69 Å². The van der Waals surface area contributed by atoms with Crippen molar-refractivity contribution in [2.75, 3.05) is 11.9 Å². The Labute approximate surface area is 117 Å². The van der Waals surface area contributed by atoms with E-state index in [1.54, 1.807) is 0 Å². The van der Waals surface area contributed by atoms with Crippen molar-refractivity contribution in [3.63, 3.8) is 0 Å². The van der Waals surface area contributed by atoms with Gasteiger partial charge in [0.1, 0.15) is 5.75 Å². The van der Waals surface area contributed by atoms with Crippen molar-refractivity contribution in [2.24, 2.45) is 0 Å². The average Bonchev–Trinajstić information content (AvgIpc) is 2.45. The monoisotopic (exact) mass is 265 g/mol. The zero-order valence-corrected chi connectivity index (χ0v) is 12.4. The summed E-state index contributed by atoms with van der Waals surface area (Å²) in [5.74, 6) is 0.775. The van der Waals surface area contributed by atoms with E-state index in [1.807, 2.05) is 25.1 Å². The lowest BCUT2D eigenvalue weighted by Gasteiger charge is -2.19. The minimum absolute atomic E-state index is 0.0105. The summed E-state index contributed by atoms with van der Waals surface area (Å²) in [5.41, 5.74) is 1.91. The summed E-state index contributed by atoms with van der Waals surface area (Å²) in [6, 6.07) is 6.45. The molecule has 108 valence electrons. The minimum Gasteiger partial charge on any atom is -0.494 e. The highest BCUT2D eigenvalue weighted by Gasteiger charge is 2.08. The first-order valence-corrected chi connectivity index (χ1v) is 7.38. The van der Waals surface area contributed by atoms with Crippen molar-refractivity contribution < 1.29 is 9.84 Å². The second-order valence-electron chi connectivity index (χ2n) is 4.81. The van der Waals surface area contributed by atoms with E-state index in [9.17, 15) is 5.11 Å². The van der Waals surface area contributed by atoms with E-state index < -0.39 is 0 Å². The van der Waals surface area contributed by atoms with Gasteiger partial charge in [-0.15, -0.1) is 0 Å². The number of ether oxygens (including phenoxy) is 1. The molecule has 19 heavy (non-hydrogen) atoms. The molecule has 0 aliphatic heterocycles. The van der Waals surface area contributed by atoms with Crippen LogP contribution < -0.4 is 10.1 Å². The Balaban J connectivity index is 2.72. The van der Waals surface area contributed by atoms with Gasteiger partial charge < -0.3 is 15.2 Å². The van der Waals surface area contributed by atoms with Crippen LogP contribution in [-0.4, -0.2) is 17.8 Å². The van der Waals surface area contributed by atoms with Crippen molar-refractivity contribution >= 4 is 5.69 Å². The first-order valence-electron chi connectivity index (χ1n) is 7.38. The first-order chi connectivity index (χ1) is 9.24. The molecule has 0 aliphatic rings. The van der Waals surface area contributed by atoms with E-state index in [1.165, 1.54) is 19.3 Å². The van der Waals surface area contributed by atoms with Gasteiger partial charge in [0.15, 0.2) is 0 Å². The molecule has 0 aromatic heterocycles. The molecule has 0 spiro atoms. The van der Waals surface area contributed by atoms with Crippen molar-refractivity contribution in [3.05, 3.63) is 23.8 Å². The Bertz CT molecular complexity index is 366. The fourth-order valence-electron chi connectivity index (χ4n) is 2.15. The average molecular weight is 265 g/mol. The van der Waals surface area contributed by atoms with Crippen LogP contribution in [0.1, 0.15) is 52.0 Å². The van der Waals surface area contributed by atoms with E-state index >= 15 is 0 Å². The van der Waals surface area contributed by atoms with Crippen LogP contribution in [0.5, 0.6) is 5.75 Å². The summed E-state index contributed by atoms with van der Waals surface area (Å²) in [7, 11) is 0. The second kappa shape index (κ2) is 8.81. The number of aliphatic hydroxyl groups excluding tert-OH is 1. The maximum absolute atomic E-state index is 9.39. The van der Waals surface area contributed by atoms with Crippen LogP contribution in [0.2, 0.25) is 0 Å². The topological polar surface area (TPSA) is 41.5 Å². The molecule has 0 saturated carbocycles. The molecule has 1 atom stereocenters. The van der Waals surface area contributed by atoms with Crippen LogP contribution in [0.25, 0.3) is 0 Å². The number of hydrogen-bond acceptors (Lipinski definition) is 3. The van der Waals surface area contributed by atoms with Crippen molar-refractivity contribution in [2.45, 2.75) is 59.1 Å². The van der Waals surface area contributed by atoms with Gasteiger partial charge in [0, 0.05) is 17.3 Å². The summed E-state index contributed by atoms with van der Waals surface area (Å²) in [5, 5.41) is 12.9. The standard InChI is InChI=1S/C16H27NO2/c1-4-7-8-14(5-2)17-15-9-10-16(19-6-3)13(11-15)12-18/h9-11,14,17-18H,4-8,12H2,1-3H3. The van der Waals surface area contributed by atoms with Gasteiger partial charge in [-0.25, -0.2) is 0 Å². The van der Waals surface area contributed by atoms with Crippen LogP contribution in [0.15, 0.2) is 18.2 Å². The van der Waals surface area contributed by atoms with E-state index in [4.69, 9.17) is 4.74 Å². The zero-order chi connectivity index (χ0) is 14.1.